The van der Waals surface area contributed by atoms with Gasteiger partial charge >= 0.3 is 5.69 Å². The molecule has 0 bridgehead atoms. The van der Waals surface area contributed by atoms with Gasteiger partial charge in [-0.25, -0.2) is 4.79 Å². The summed E-state index contributed by atoms with van der Waals surface area (Å²) in [7, 11) is 4.49. The van der Waals surface area contributed by atoms with Crippen LogP contribution in [-0.4, -0.2) is 49.9 Å². The molecule has 4 N–H and O–H groups in total. The van der Waals surface area contributed by atoms with Crippen LogP contribution in [0.5, 0.6) is 17.2 Å². The van der Waals surface area contributed by atoms with E-state index in [0.717, 1.165) is 12.8 Å². The Bertz CT molecular complexity index is 1100. The first-order chi connectivity index (χ1) is 16.7. The van der Waals surface area contributed by atoms with E-state index in [1.807, 2.05) is 20.8 Å². The van der Waals surface area contributed by atoms with Gasteiger partial charge in [0.05, 0.1) is 21.3 Å². The number of anilines is 3. The first-order valence-electron chi connectivity index (χ1n) is 11.6. The minimum absolute atomic E-state index is 0.0797. The van der Waals surface area contributed by atoms with E-state index in [9.17, 15) is 14.4 Å². The molecular formula is C24H37N5O6. The van der Waals surface area contributed by atoms with Crippen molar-refractivity contribution >= 4 is 23.1 Å². The average Bonchev–Trinajstić information content (AvgIpc) is 2.81. The van der Waals surface area contributed by atoms with E-state index >= 15 is 0 Å². The number of benzene rings is 1. The molecule has 2 rings (SSSR count). The quantitative estimate of drug-likeness (QED) is 0.388. The Balaban J connectivity index is 2.27. The summed E-state index contributed by atoms with van der Waals surface area (Å²) in [6.07, 6.45) is 1.70. The molecule has 2 aromatic rings. The monoisotopic (exact) mass is 491 g/mol. The van der Waals surface area contributed by atoms with E-state index in [-0.39, 0.29) is 36.3 Å². The molecule has 0 spiro atoms. The summed E-state index contributed by atoms with van der Waals surface area (Å²) < 4.78 is 17.4. The molecule has 0 aliphatic rings. The fourth-order valence-corrected chi connectivity index (χ4v) is 3.77. The van der Waals surface area contributed by atoms with E-state index in [1.165, 1.54) is 25.9 Å². The van der Waals surface area contributed by atoms with Crippen molar-refractivity contribution in [1.29, 1.82) is 0 Å². The fraction of sp³-hybridized carbons (Fsp3) is 0.542. The second-order valence-corrected chi connectivity index (χ2v) is 8.55. The molecule has 0 saturated heterocycles. The first-order valence-corrected chi connectivity index (χ1v) is 11.6. The van der Waals surface area contributed by atoms with Gasteiger partial charge in [-0.3, -0.25) is 19.1 Å². The van der Waals surface area contributed by atoms with Gasteiger partial charge in [0.25, 0.3) is 5.56 Å². The minimum atomic E-state index is -0.564. The van der Waals surface area contributed by atoms with E-state index in [0.29, 0.717) is 36.0 Å². The SMILES string of the molecule is CCCCn1c(N)c(N(CCC(=O)Nc2cc(OC)c(OC)c(OC)c2)CC(C)C)c(=O)[nH]c1=O. The van der Waals surface area contributed by atoms with Crippen molar-refractivity contribution in [1.82, 2.24) is 9.55 Å². The number of rotatable bonds is 13. The minimum Gasteiger partial charge on any atom is -0.493 e. The zero-order valence-electron chi connectivity index (χ0n) is 21.4. The molecule has 0 fully saturated rings. The molecule has 0 radical (unpaired) electrons. The highest BCUT2D eigenvalue weighted by molar-refractivity contribution is 5.92. The number of unbranched alkanes of at least 4 members (excludes halogenated alkanes) is 1. The number of carbonyl (C=O) groups excluding carboxylic acids is 1. The molecule has 1 heterocycles. The standard InChI is InChI=1S/C24H37N5O6/c1-7-8-10-29-22(25)20(23(31)27-24(29)32)28(14-15(2)3)11-9-19(30)26-16-12-17(33-4)21(35-6)18(13-16)34-5/h12-13,15H,7-11,14,25H2,1-6H3,(H,26,30)(H,27,31,32). The molecule has 1 amide bonds. The predicted molar refractivity (Wildman–Crippen MR) is 137 cm³/mol. The smallest absolute Gasteiger partial charge is 0.330 e. The lowest BCUT2D eigenvalue weighted by Gasteiger charge is -2.27. The van der Waals surface area contributed by atoms with Crippen LogP contribution >= 0.6 is 0 Å². The van der Waals surface area contributed by atoms with Crippen LogP contribution in [0.2, 0.25) is 0 Å². The maximum Gasteiger partial charge on any atom is 0.330 e. The fourth-order valence-electron chi connectivity index (χ4n) is 3.77. The highest BCUT2D eigenvalue weighted by Crippen LogP contribution is 2.39. The zero-order chi connectivity index (χ0) is 26.1. The van der Waals surface area contributed by atoms with Crippen LogP contribution in [0.15, 0.2) is 21.7 Å². The first kappa shape index (κ1) is 27.6. The Morgan fingerprint density at radius 3 is 2.29 bits per heavy atom. The Labute approximate surface area is 205 Å². The van der Waals surface area contributed by atoms with Gasteiger partial charge in [-0.1, -0.05) is 27.2 Å². The number of nitrogens with one attached hydrogen (secondary N) is 2. The summed E-state index contributed by atoms with van der Waals surface area (Å²) in [5, 5.41) is 2.83. The molecule has 0 aliphatic heterocycles. The highest BCUT2D eigenvalue weighted by atomic mass is 16.5. The summed E-state index contributed by atoms with van der Waals surface area (Å²) in [4.78, 5) is 41.9. The lowest BCUT2D eigenvalue weighted by atomic mass is 10.2. The second kappa shape index (κ2) is 12.7. The number of hydrogen-bond acceptors (Lipinski definition) is 8. The number of aromatic amines is 1. The van der Waals surface area contributed by atoms with E-state index < -0.39 is 11.2 Å². The van der Waals surface area contributed by atoms with Crippen molar-refractivity contribution in [3.05, 3.63) is 33.0 Å². The third kappa shape index (κ3) is 6.93. The zero-order valence-corrected chi connectivity index (χ0v) is 21.4. The molecule has 1 aromatic heterocycles. The van der Waals surface area contributed by atoms with Crippen LogP contribution in [0, 0.1) is 5.92 Å². The van der Waals surface area contributed by atoms with Gasteiger partial charge in [0, 0.05) is 43.9 Å². The molecule has 11 heteroatoms. The van der Waals surface area contributed by atoms with Gasteiger partial charge in [0.1, 0.15) is 11.5 Å². The number of hydrogen-bond donors (Lipinski definition) is 3. The highest BCUT2D eigenvalue weighted by Gasteiger charge is 2.21. The maximum absolute atomic E-state index is 12.8. The third-order valence-electron chi connectivity index (χ3n) is 5.41. The average molecular weight is 492 g/mol. The van der Waals surface area contributed by atoms with Crippen LogP contribution < -0.4 is 41.4 Å². The van der Waals surface area contributed by atoms with Crippen molar-refractivity contribution in [3.63, 3.8) is 0 Å². The molecule has 11 nitrogen and oxygen atoms in total. The third-order valence-corrected chi connectivity index (χ3v) is 5.41. The van der Waals surface area contributed by atoms with Crippen molar-refractivity contribution in [3.8, 4) is 17.2 Å². The normalized spacial score (nSPS) is 10.8. The second-order valence-electron chi connectivity index (χ2n) is 8.55. The number of amides is 1. The van der Waals surface area contributed by atoms with Gasteiger partial charge in [-0.2, -0.15) is 0 Å². The number of nitrogens with two attached hydrogens (primary N) is 1. The largest absolute Gasteiger partial charge is 0.493 e. The van der Waals surface area contributed by atoms with Crippen molar-refractivity contribution < 1.29 is 19.0 Å². The molecule has 1 aromatic carbocycles. The predicted octanol–water partition coefficient (Wildman–Crippen LogP) is 2.44. The Hall–Kier alpha value is -3.63. The summed E-state index contributed by atoms with van der Waals surface area (Å²) in [6.45, 7) is 7.12. The van der Waals surface area contributed by atoms with Gasteiger partial charge in [0.15, 0.2) is 11.5 Å². The number of ether oxygens (including phenoxy) is 3. The van der Waals surface area contributed by atoms with Crippen LogP contribution in [0.4, 0.5) is 17.2 Å². The lowest BCUT2D eigenvalue weighted by molar-refractivity contribution is -0.116. The lowest BCUT2D eigenvalue weighted by Crippen LogP contribution is -2.40. The van der Waals surface area contributed by atoms with Crippen LogP contribution in [0.1, 0.15) is 40.0 Å². The molecule has 0 aliphatic carbocycles. The number of aromatic nitrogens is 2. The summed E-state index contributed by atoms with van der Waals surface area (Å²) >= 11 is 0. The van der Waals surface area contributed by atoms with Gasteiger partial charge in [-0.15, -0.1) is 0 Å². The van der Waals surface area contributed by atoms with Gasteiger partial charge in [-0.05, 0) is 12.3 Å². The van der Waals surface area contributed by atoms with Gasteiger partial charge in [0.2, 0.25) is 11.7 Å². The Morgan fingerprint density at radius 2 is 1.77 bits per heavy atom. The topological polar surface area (TPSA) is 141 Å². The molecule has 0 unspecified atom stereocenters. The molecular weight excluding hydrogens is 454 g/mol. The van der Waals surface area contributed by atoms with Crippen LogP contribution in [-0.2, 0) is 11.3 Å². The molecule has 0 saturated carbocycles. The van der Waals surface area contributed by atoms with Crippen molar-refractivity contribution in [2.45, 2.75) is 46.6 Å². The number of H-pyrrole nitrogens is 1. The molecule has 35 heavy (non-hydrogen) atoms. The summed E-state index contributed by atoms with van der Waals surface area (Å²) in [5.41, 5.74) is 5.87. The van der Waals surface area contributed by atoms with Crippen LogP contribution in [0.3, 0.4) is 0 Å². The van der Waals surface area contributed by atoms with E-state index in [4.69, 9.17) is 19.9 Å². The number of nitrogen functional groups attached to an aromatic ring is 1. The number of methoxy groups -OCH3 is 3. The van der Waals surface area contributed by atoms with E-state index in [1.54, 1.807) is 17.0 Å². The summed E-state index contributed by atoms with van der Waals surface area (Å²) in [6, 6.07) is 3.27. The molecule has 194 valence electrons. The number of carbonyl (C=O) groups is 1. The van der Waals surface area contributed by atoms with E-state index in [2.05, 4.69) is 10.3 Å². The van der Waals surface area contributed by atoms with Gasteiger partial charge < -0.3 is 30.2 Å². The van der Waals surface area contributed by atoms with Crippen LogP contribution in [0.25, 0.3) is 0 Å². The number of nitrogens with zero attached hydrogens (tertiary/aromatic N) is 2. The Kier molecular flexibility index (Phi) is 10.0. The van der Waals surface area contributed by atoms with Crippen molar-refractivity contribution in [2.24, 2.45) is 5.92 Å². The maximum atomic E-state index is 12.8. The molecule has 0 atom stereocenters. The Morgan fingerprint density at radius 1 is 1.14 bits per heavy atom. The summed E-state index contributed by atoms with van der Waals surface area (Å²) in [5.74, 6) is 1.27. The van der Waals surface area contributed by atoms with Crippen molar-refractivity contribution in [2.75, 3.05) is 50.4 Å².